The average molecular weight is 151 g/mol. The van der Waals surface area contributed by atoms with Crippen LogP contribution in [0.4, 0.5) is 5.69 Å². The zero-order valence-corrected chi connectivity index (χ0v) is 6.11. The maximum absolute atomic E-state index is 3.14. The molecule has 2 nitrogen and oxygen atoms in total. The van der Waals surface area contributed by atoms with E-state index in [0.717, 1.165) is 5.69 Å². The van der Waals surface area contributed by atoms with Gasteiger partial charge in [-0.1, -0.05) is 0 Å². The van der Waals surface area contributed by atoms with E-state index in [1.807, 2.05) is 29.9 Å². The lowest BCUT2D eigenvalue weighted by Crippen LogP contribution is -2.08. The normalized spacial score (nSPS) is 14.0. The van der Waals surface area contributed by atoms with Crippen molar-refractivity contribution in [3.8, 4) is 0 Å². The predicted octanol–water partition coefficient (Wildman–Crippen LogP) is 1.49. The lowest BCUT2D eigenvalue weighted by Gasteiger charge is -2.04. The summed E-state index contributed by atoms with van der Waals surface area (Å²) < 4.78 is 0. The van der Waals surface area contributed by atoms with Gasteiger partial charge in [0, 0.05) is 12.3 Å². The first-order valence-corrected chi connectivity index (χ1v) is 3.94. The molecule has 0 amide bonds. The fourth-order valence-corrected chi connectivity index (χ4v) is 1.52. The van der Waals surface area contributed by atoms with Crippen molar-refractivity contribution >= 4 is 17.4 Å². The molecule has 1 aliphatic rings. The number of hydrogen-bond donors (Lipinski definition) is 1. The summed E-state index contributed by atoms with van der Waals surface area (Å²) in [7, 11) is 0. The first kappa shape index (κ1) is 5.80. The minimum Gasteiger partial charge on any atom is -0.355 e. The molecule has 0 bridgehead atoms. The van der Waals surface area contributed by atoms with Crippen LogP contribution < -0.4 is 10.3 Å². The number of fused-ring (bicyclic) bond motifs is 1. The lowest BCUT2D eigenvalue weighted by molar-refractivity contribution is -0.425. The zero-order chi connectivity index (χ0) is 6.81. The van der Waals surface area contributed by atoms with Gasteiger partial charge < -0.3 is 5.32 Å². The van der Waals surface area contributed by atoms with Gasteiger partial charge in [-0.05, 0) is 23.2 Å². The fraction of sp³-hybridized carbons (Fsp3) is 0. The van der Waals surface area contributed by atoms with Crippen molar-refractivity contribution in [1.82, 2.24) is 0 Å². The molecule has 2 heterocycles. The Kier molecular flexibility index (Phi) is 1.36. The third-order valence-corrected chi connectivity index (χ3v) is 2.16. The van der Waals surface area contributed by atoms with Crippen LogP contribution in [0.2, 0.25) is 0 Å². The molecule has 2 N–H and O–H groups in total. The number of rotatable bonds is 0. The molecular weight excluding hydrogens is 144 g/mol. The molecule has 3 heteroatoms. The minimum atomic E-state index is 1.15. The maximum atomic E-state index is 3.14. The third kappa shape index (κ3) is 0.885. The number of pyridine rings is 1. The standard InChI is InChI=1S/C7H6N2S/c1-2-6-7(9-3-1)10-5-4-8-6/h1-5,8H/p+1. The van der Waals surface area contributed by atoms with Crippen molar-refractivity contribution in [3.05, 3.63) is 29.9 Å². The number of hydrogen-bond acceptors (Lipinski definition) is 2. The van der Waals surface area contributed by atoms with Gasteiger partial charge in [-0.3, -0.25) is 0 Å². The summed E-state index contributed by atoms with van der Waals surface area (Å²) in [5.74, 6) is 0. The Labute approximate surface area is 63.4 Å². The van der Waals surface area contributed by atoms with Crippen LogP contribution in [0.15, 0.2) is 35.0 Å². The Morgan fingerprint density at radius 3 is 3.40 bits per heavy atom. The van der Waals surface area contributed by atoms with E-state index < -0.39 is 0 Å². The van der Waals surface area contributed by atoms with Crippen molar-refractivity contribution in [2.75, 3.05) is 5.32 Å². The molecule has 50 valence electrons. The number of aromatic nitrogens is 1. The van der Waals surface area contributed by atoms with Crippen molar-refractivity contribution in [3.63, 3.8) is 0 Å². The molecule has 0 spiro atoms. The second-order valence-electron chi connectivity index (χ2n) is 1.98. The smallest absolute Gasteiger partial charge is 0.266 e. The van der Waals surface area contributed by atoms with E-state index >= 15 is 0 Å². The van der Waals surface area contributed by atoms with E-state index in [4.69, 9.17) is 0 Å². The van der Waals surface area contributed by atoms with Crippen molar-refractivity contribution < 1.29 is 4.98 Å². The average Bonchev–Trinajstić information content (AvgIpc) is 2.05. The second kappa shape index (κ2) is 2.34. The van der Waals surface area contributed by atoms with E-state index in [9.17, 15) is 0 Å². The number of H-pyrrole nitrogens is 1. The Bertz CT molecular complexity index is 243. The number of aromatic amines is 1. The maximum Gasteiger partial charge on any atom is 0.266 e. The molecule has 1 aromatic rings. The minimum absolute atomic E-state index is 1.15. The predicted molar refractivity (Wildman–Crippen MR) is 41.6 cm³/mol. The van der Waals surface area contributed by atoms with Crippen LogP contribution in [0.25, 0.3) is 0 Å². The van der Waals surface area contributed by atoms with Gasteiger partial charge in [0.25, 0.3) is 5.03 Å². The monoisotopic (exact) mass is 151 g/mol. The summed E-state index contributed by atoms with van der Waals surface area (Å²) >= 11 is 1.69. The van der Waals surface area contributed by atoms with E-state index in [2.05, 4.69) is 10.3 Å². The Morgan fingerprint density at radius 1 is 1.50 bits per heavy atom. The molecule has 2 rings (SSSR count). The van der Waals surface area contributed by atoms with Crippen molar-refractivity contribution in [2.24, 2.45) is 0 Å². The summed E-state index contributed by atoms with van der Waals surface area (Å²) in [5.41, 5.74) is 1.15. The van der Waals surface area contributed by atoms with Crippen molar-refractivity contribution in [2.45, 2.75) is 5.03 Å². The number of nitrogens with one attached hydrogen (secondary N) is 2. The summed E-state index contributed by atoms with van der Waals surface area (Å²) in [6.45, 7) is 0. The highest BCUT2D eigenvalue weighted by Crippen LogP contribution is 2.26. The van der Waals surface area contributed by atoms with E-state index in [1.54, 1.807) is 11.8 Å². The molecule has 0 unspecified atom stereocenters. The summed E-state index contributed by atoms with van der Waals surface area (Å²) in [6.07, 6.45) is 3.85. The molecule has 0 saturated heterocycles. The van der Waals surface area contributed by atoms with Crippen LogP contribution in [-0.2, 0) is 0 Å². The molecule has 10 heavy (non-hydrogen) atoms. The van der Waals surface area contributed by atoms with E-state index in [-0.39, 0.29) is 0 Å². The van der Waals surface area contributed by atoms with Gasteiger partial charge in [0.15, 0.2) is 6.20 Å². The van der Waals surface area contributed by atoms with Gasteiger partial charge in [-0.2, -0.15) is 0 Å². The summed E-state index contributed by atoms with van der Waals surface area (Å²) in [5, 5.41) is 6.31. The van der Waals surface area contributed by atoms with Crippen LogP contribution in [0, 0.1) is 0 Å². The molecule has 0 atom stereocenters. The highest BCUT2D eigenvalue weighted by molar-refractivity contribution is 8.02. The molecule has 0 saturated carbocycles. The second-order valence-corrected chi connectivity index (χ2v) is 2.89. The zero-order valence-electron chi connectivity index (χ0n) is 5.29. The van der Waals surface area contributed by atoms with Crippen LogP contribution in [-0.4, -0.2) is 0 Å². The Balaban J connectivity index is 2.47. The van der Waals surface area contributed by atoms with Gasteiger partial charge in [-0.15, -0.1) is 0 Å². The Morgan fingerprint density at radius 2 is 2.50 bits per heavy atom. The SMILES string of the molecule is C1=CSc2[nH+]cccc2N1. The van der Waals surface area contributed by atoms with Crippen LogP contribution in [0.1, 0.15) is 0 Å². The number of thioether (sulfide) groups is 1. The molecule has 0 aliphatic carbocycles. The van der Waals surface area contributed by atoms with E-state index in [0.29, 0.717) is 0 Å². The van der Waals surface area contributed by atoms with Gasteiger partial charge in [-0.25, -0.2) is 4.98 Å². The Hall–Kier alpha value is -0.960. The molecule has 1 aliphatic heterocycles. The third-order valence-electron chi connectivity index (χ3n) is 1.31. The highest BCUT2D eigenvalue weighted by Gasteiger charge is 2.09. The van der Waals surface area contributed by atoms with Crippen LogP contribution >= 0.6 is 11.8 Å². The molecular formula is C7H7N2S+. The lowest BCUT2D eigenvalue weighted by atomic mass is 10.4. The molecule has 0 aromatic carbocycles. The first-order chi connectivity index (χ1) is 4.97. The largest absolute Gasteiger partial charge is 0.355 e. The van der Waals surface area contributed by atoms with Gasteiger partial charge >= 0.3 is 0 Å². The quantitative estimate of drug-likeness (QED) is 0.608. The first-order valence-electron chi connectivity index (χ1n) is 3.06. The van der Waals surface area contributed by atoms with Crippen molar-refractivity contribution in [1.29, 1.82) is 0 Å². The molecule has 1 aromatic heterocycles. The van der Waals surface area contributed by atoms with Gasteiger partial charge in [0.05, 0.1) is 0 Å². The highest BCUT2D eigenvalue weighted by atomic mass is 32.2. The topological polar surface area (TPSA) is 26.2 Å². The summed E-state index contributed by atoms with van der Waals surface area (Å²) in [6, 6.07) is 4.02. The fourth-order valence-electron chi connectivity index (χ4n) is 0.859. The van der Waals surface area contributed by atoms with Gasteiger partial charge in [0.1, 0.15) is 5.69 Å². The molecule has 0 fully saturated rings. The van der Waals surface area contributed by atoms with Crippen LogP contribution in [0.5, 0.6) is 0 Å². The van der Waals surface area contributed by atoms with Crippen LogP contribution in [0.3, 0.4) is 0 Å². The summed E-state index contributed by atoms with van der Waals surface area (Å²) in [4.78, 5) is 3.14. The number of anilines is 1. The molecule has 0 radical (unpaired) electrons. The van der Waals surface area contributed by atoms with Gasteiger partial charge in [0.2, 0.25) is 0 Å². The van der Waals surface area contributed by atoms with E-state index in [1.165, 1.54) is 5.03 Å².